The fourth-order valence-electron chi connectivity index (χ4n) is 5.89. The quantitative estimate of drug-likeness (QED) is 0.797. The van der Waals surface area contributed by atoms with E-state index in [4.69, 9.17) is 16.3 Å². The third kappa shape index (κ3) is 3.36. The van der Waals surface area contributed by atoms with Crippen molar-refractivity contribution in [2.24, 2.45) is 23.2 Å². The van der Waals surface area contributed by atoms with Gasteiger partial charge in [0.15, 0.2) is 0 Å². The largest absolute Gasteiger partial charge is 0.467 e. The highest BCUT2D eigenvalue weighted by atomic mass is 35.5. The molecule has 1 atom stereocenters. The van der Waals surface area contributed by atoms with Gasteiger partial charge in [-0.15, -0.1) is 0 Å². The Morgan fingerprint density at radius 3 is 2.15 bits per heavy atom. The number of nitrogens with one attached hydrogen (secondary N) is 1. The first-order valence-electron chi connectivity index (χ1n) is 9.61. The number of methoxy groups -OCH3 is 1. The van der Waals surface area contributed by atoms with Gasteiger partial charge in [0.2, 0.25) is 5.91 Å². The number of halogens is 1. The maximum Gasteiger partial charge on any atom is 0.328 e. The summed E-state index contributed by atoms with van der Waals surface area (Å²) in [7, 11) is 1.37. The number of hydrogen-bond acceptors (Lipinski definition) is 3. The summed E-state index contributed by atoms with van der Waals surface area (Å²) >= 11 is 5.94. The van der Waals surface area contributed by atoms with E-state index < -0.39 is 12.0 Å². The Balaban J connectivity index is 1.49. The van der Waals surface area contributed by atoms with E-state index in [1.165, 1.54) is 26.4 Å². The molecule has 1 N–H and O–H groups in total. The highest BCUT2D eigenvalue weighted by Crippen LogP contribution is 2.60. The molecule has 0 aromatic heterocycles. The highest BCUT2D eigenvalue weighted by molar-refractivity contribution is 6.30. The zero-order valence-corrected chi connectivity index (χ0v) is 15.9. The van der Waals surface area contributed by atoms with Crippen LogP contribution >= 0.6 is 11.6 Å². The molecule has 4 fully saturated rings. The summed E-state index contributed by atoms with van der Waals surface area (Å²) in [6.45, 7) is 0. The van der Waals surface area contributed by atoms with Crippen molar-refractivity contribution < 1.29 is 14.3 Å². The molecule has 0 unspecified atom stereocenters. The topological polar surface area (TPSA) is 55.4 Å². The van der Waals surface area contributed by atoms with E-state index in [2.05, 4.69) is 5.32 Å². The number of hydrogen-bond donors (Lipinski definition) is 1. The number of carbonyl (C=O) groups is 2. The summed E-state index contributed by atoms with van der Waals surface area (Å²) in [5.74, 6) is 1.75. The summed E-state index contributed by atoms with van der Waals surface area (Å²) < 4.78 is 4.95. The number of carbonyl (C=O) groups excluding carboxylic acids is 2. The monoisotopic (exact) mass is 375 g/mol. The molecule has 1 aromatic rings. The van der Waals surface area contributed by atoms with Crippen molar-refractivity contribution in [3.63, 3.8) is 0 Å². The average molecular weight is 376 g/mol. The van der Waals surface area contributed by atoms with E-state index in [1.54, 1.807) is 12.1 Å². The third-order valence-electron chi connectivity index (χ3n) is 6.66. The molecule has 0 spiro atoms. The minimum Gasteiger partial charge on any atom is -0.467 e. The zero-order valence-electron chi connectivity index (χ0n) is 15.2. The van der Waals surface area contributed by atoms with Crippen molar-refractivity contribution in [3.05, 3.63) is 34.9 Å². The van der Waals surface area contributed by atoms with Crippen LogP contribution in [0.5, 0.6) is 0 Å². The Hall–Kier alpha value is -1.55. The van der Waals surface area contributed by atoms with Gasteiger partial charge in [0.1, 0.15) is 6.04 Å². The molecule has 0 radical (unpaired) electrons. The van der Waals surface area contributed by atoms with Gasteiger partial charge in [-0.3, -0.25) is 4.79 Å². The lowest BCUT2D eigenvalue weighted by Gasteiger charge is -2.55. The Morgan fingerprint density at radius 1 is 1.12 bits per heavy atom. The Bertz CT molecular complexity index is 664. The molecule has 5 rings (SSSR count). The predicted molar refractivity (Wildman–Crippen MR) is 99.7 cm³/mol. The van der Waals surface area contributed by atoms with Gasteiger partial charge in [0, 0.05) is 16.9 Å². The van der Waals surface area contributed by atoms with Crippen LogP contribution in [0.4, 0.5) is 0 Å². The minimum atomic E-state index is -0.651. The van der Waals surface area contributed by atoms with E-state index in [0.717, 1.165) is 24.8 Å². The molecule has 1 aromatic carbocycles. The Morgan fingerprint density at radius 2 is 1.65 bits per heavy atom. The van der Waals surface area contributed by atoms with Crippen LogP contribution in [0.3, 0.4) is 0 Å². The van der Waals surface area contributed by atoms with Crippen LogP contribution < -0.4 is 5.32 Å². The number of esters is 1. The van der Waals surface area contributed by atoms with Gasteiger partial charge in [0.25, 0.3) is 0 Å². The second kappa shape index (κ2) is 6.88. The summed E-state index contributed by atoms with van der Waals surface area (Å²) in [4.78, 5) is 25.5. The van der Waals surface area contributed by atoms with Crippen LogP contribution in [-0.2, 0) is 20.7 Å². The summed E-state index contributed by atoms with van der Waals surface area (Å²) in [6, 6.07) is 6.71. The second-order valence-corrected chi connectivity index (χ2v) is 9.01. The smallest absolute Gasteiger partial charge is 0.328 e. The molecule has 4 aliphatic carbocycles. The molecule has 4 bridgehead atoms. The van der Waals surface area contributed by atoms with Crippen molar-refractivity contribution in [1.82, 2.24) is 5.32 Å². The summed E-state index contributed by atoms with van der Waals surface area (Å²) in [6.07, 6.45) is 7.24. The van der Waals surface area contributed by atoms with Crippen LogP contribution in [-0.4, -0.2) is 25.0 Å². The highest BCUT2D eigenvalue weighted by Gasteiger charge is 2.54. The van der Waals surface area contributed by atoms with Crippen LogP contribution in [0.1, 0.15) is 44.1 Å². The van der Waals surface area contributed by atoms with Crippen LogP contribution in [0, 0.1) is 23.2 Å². The number of ether oxygens (including phenoxy) is 1. The van der Waals surface area contributed by atoms with E-state index in [0.29, 0.717) is 29.2 Å². The molecular formula is C21H26ClNO3. The van der Waals surface area contributed by atoms with Gasteiger partial charge < -0.3 is 10.1 Å². The summed E-state index contributed by atoms with van der Waals surface area (Å²) in [5, 5.41) is 3.70. The normalized spacial score (nSPS) is 32.9. The van der Waals surface area contributed by atoms with Crippen molar-refractivity contribution in [1.29, 1.82) is 0 Å². The van der Waals surface area contributed by atoms with E-state index >= 15 is 0 Å². The Labute approximate surface area is 159 Å². The molecule has 26 heavy (non-hydrogen) atoms. The van der Waals surface area contributed by atoms with E-state index in [9.17, 15) is 9.59 Å². The van der Waals surface area contributed by atoms with Gasteiger partial charge >= 0.3 is 5.97 Å². The van der Waals surface area contributed by atoms with Crippen LogP contribution in [0.2, 0.25) is 5.02 Å². The van der Waals surface area contributed by atoms with Gasteiger partial charge in [-0.1, -0.05) is 23.7 Å². The van der Waals surface area contributed by atoms with Crippen molar-refractivity contribution >= 4 is 23.5 Å². The van der Waals surface area contributed by atoms with E-state index in [-0.39, 0.29) is 11.3 Å². The lowest BCUT2D eigenvalue weighted by molar-refractivity contribution is -0.152. The maximum absolute atomic E-state index is 13.2. The number of amides is 1. The van der Waals surface area contributed by atoms with Gasteiger partial charge in [0.05, 0.1) is 7.11 Å². The predicted octanol–water partition coefficient (Wildman–Crippen LogP) is 3.76. The first-order valence-corrected chi connectivity index (χ1v) is 9.98. The standard InChI is InChI=1S/C21H26ClNO3/c1-26-19(24)18(9-13-2-4-17(22)5-3-13)23-20(25)21-10-14-6-15(11-21)8-16(7-14)12-21/h2-5,14-16,18H,6-12H2,1H3,(H,23,25)/t14?,15?,16?,18-,21?/m0/s1. The van der Waals surface area contributed by atoms with Gasteiger partial charge in [-0.05, 0) is 74.0 Å². The maximum atomic E-state index is 13.2. The van der Waals surface area contributed by atoms with Gasteiger partial charge in [-0.2, -0.15) is 0 Å². The molecule has 0 aliphatic heterocycles. The molecule has 0 saturated heterocycles. The fourth-order valence-corrected chi connectivity index (χ4v) is 6.02. The van der Waals surface area contributed by atoms with Crippen molar-refractivity contribution in [2.75, 3.05) is 7.11 Å². The molecule has 0 heterocycles. The first kappa shape index (κ1) is 17.8. The number of rotatable bonds is 5. The lowest BCUT2D eigenvalue weighted by atomic mass is 9.49. The minimum absolute atomic E-state index is 0.0564. The molecular weight excluding hydrogens is 350 g/mol. The Kier molecular flexibility index (Phi) is 4.72. The SMILES string of the molecule is COC(=O)[C@H](Cc1ccc(Cl)cc1)NC(=O)C12CC3CC(CC(C3)C1)C2. The summed E-state index contributed by atoms with van der Waals surface area (Å²) in [5.41, 5.74) is 0.691. The average Bonchev–Trinajstić information content (AvgIpc) is 2.61. The first-order chi connectivity index (χ1) is 12.5. The van der Waals surface area contributed by atoms with Crippen LogP contribution in [0.15, 0.2) is 24.3 Å². The molecule has 140 valence electrons. The molecule has 4 nitrogen and oxygen atoms in total. The second-order valence-electron chi connectivity index (χ2n) is 8.58. The lowest BCUT2D eigenvalue weighted by Crippen LogP contribution is -2.56. The van der Waals surface area contributed by atoms with Crippen molar-refractivity contribution in [3.8, 4) is 0 Å². The number of benzene rings is 1. The van der Waals surface area contributed by atoms with Gasteiger partial charge in [-0.25, -0.2) is 4.79 Å². The zero-order chi connectivity index (χ0) is 18.3. The van der Waals surface area contributed by atoms with Crippen molar-refractivity contribution in [2.45, 2.75) is 51.0 Å². The van der Waals surface area contributed by atoms with Crippen LogP contribution in [0.25, 0.3) is 0 Å². The molecule has 1 amide bonds. The van der Waals surface area contributed by atoms with E-state index in [1.807, 2.05) is 12.1 Å². The molecule has 5 heteroatoms. The fraction of sp³-hybridized carbons (Fsp3) is 0.619. The molecule has 4 saturated carbocycles. The molecule has 4 aliphatic rings. The third-order valence-corrected chi connectivity index (χ3v) is 6.92.